The van der Waals surface area contributed by atoms with Gasteiger partial charge < -0.3 is 4.90 Å². The van der Waals surface area contributed by atoms with Gasteiger partial charge in [0.05, 0.1) is 16.6 Å². The highest BCUT2D eigenvalue weighted by Crippen LogP contribution is 2.22. The van der Waals surface area contributed by atoms with E-state index in [1.807, 2.05) is 0 Å². The third kappa shape index (κ3) is 2.84. The lowest BCUT2D eigenvalue weighted by atomic mass is 10.1. The highest BCUT2D eigenvalue weighted by molar-refractivity contribution is 6.18. The van der Waals surface area contributed by atoms with Crippen LogP contribution in [0.5, 0.6) is 0 Å². The van der Waals surface area contributed by atoms with Crippen LogP contribution in [0, 0.1) is 21.8 Å². The zero-order valence-electron chi connectivity index (χ0n) is 10.0. The maximum Gasteiger partial charge on any atom is 0.272 e. The Morgan fingerprint density at radius 1 is 1.58 bits per heavy atom. The van der Waals surface area contributed by atoms with Gasteiger partial charge in [0.2, 0.25) is 0 Å². The lowest BCUT2D eigenvalue weighted by Gasteiger charge is -2.16. The molecule has 0 N–H and O–H groups in total. The standard InChI is InChI=1S/C12H12ClFN2O3/c13-6-8-3-4-15(7-8)12(17)10-2-1-9(16(18)19)5-11(10)14/h1-2,5,8H,3-4,6-7H2. The van der Waals surface area contributed by atoms with E-state index in [2.05, 4.69) is 0 Å². The molecular formula is C12H12ClFN2O3. The molecule has 0 radical (unpaired) electrons. The fourth-order valence-corrected chi connectivity index (χ4v) is 2.36. The van der Waals surface area contributed by atoms with Gasteiger partial charge in [-0.1, -0.05) is 0 Å². The predicted molar refractivity (Wildman–Crippen MR) is 67.8 cm³/mol. The largest absolute Gasteiger partial charge is 0.338 e. The van der Waals surface area contributed by atoms with Gasteiger partial charge in [-0.05, 0) is 18.4 Å². The molecule has 1 aromatic carbocycles. The number of carbonyl (C=O) groups is 1. The van der Waals surface area contributed by atoms with E-state index < -0.39 is 16.6 Å². The van der Waals surface area contributed by atoms with Crippen LogP contribution in [0.3, 0.4) is 0 Å². The van der Waals surface area contributed by atoms with Crippen LogP contribution in [0.15, 0.2) is 18.2 Å². The van der Waals surface area contributed by atoms with E-state index in [0.29, 0.717) is 19.0 Å². The Kier molecular flexibility index (Phi) is 3.99. The van der Waals surface area contributed by atoms with E-state index in [-0.39, 0.29) is 17.2 Å². The number of hydrogen-bond acceptors (Lipinski definition) is 3. The predicted octanol–water partition coefficient (Wildman–Crippen LogP) is 2.43. The van der Waals surface area contributed by atoms with Crippen molar-refractivity contribution in [1.82, 2.24) is 4.90 Å². The highest BCUT2D eigenvalue weighted by Gasteiger charge is 2.28. The summed E-state index contributed by atoms with van der Waals surface area (Å²) in [7, 11) is 0. The molecule has 2 rings (SSSR count). The molecular weight excluding hydrogens is 275 g/mol. The Labute approximate surface area is 114 Å². The number of hydrogen-bond donors (Lipinski definition) is 0. The second-order valence-corrected chi connectivity index (χ2v) is 4.79. The maximum atomic E-state index is 13.7. The van der Waals surface area contributed by atoms with Crippen molar-refractivity contribution >= 4 is 23.2 Å². The van der Waals surface area contributed by atoms with Crippen molar-refractivity contribution < 1.29 is 14.1 Å². The number of halogens is 2. The van der Waals surface area contributed by atoms with Crippen LogP contribution < -0.4 is 0 Å². The second-order valence-electron chi connectivity index (χ2n) is 4.48. The number of rotatable bonds is 3. The van der Waals surface area contributed by atoms with E-state index in [4.69, 9.17) is 11.6 Å². The molecule has 0 aliphatic carbocycles. The average Bonchev–Trinajstić information content (AvgIpc) is 2.86. The maximum absolute atomic E-state index is 13.7. The van der Waals surface area contributed by atoms with Gasteiger partial charge in [-0.15, -0.1) is 11.6 Å². The Morgan fingerprint density at radius 3 is 2.84 bits per heavy atom. The van der Waals surface area contributed by atoms with Crippen LogP contribution in [-0.4, -0.2) is 34.7 Å². The topological polar surface area (TPSA) is 63.4 Å². The molecule has 1 unspecified atom stereocenters. The van der Waals surface area contributed by atoms with Gasteiger partial charge in [-0.25, -0.2) is 4.39 Å². The lowest BCUT2D eigenvalue weighted by Crippen LogP contribution is -2.29. The first kappa shape index (κ1) is 13.7. The molecule has 19 heavy (non-hydrogen) atoms. The van der Waals surface area contributed by atoms with Gasteiger partial charge in [-0.2, -0.15) is 0 Å². The fourth-order valence-electron chi connectivity index (χ4n) is 2.10. The molecule has 0 saturated carbocycles. The Morgan fingerprint density at radius 2 is 2.32 bits per heavy atom. The number of benzene rings is 1. The Balaban J connectivity index is 2.18. The van der Waals surface area contributed by atoms with E-state index in [0.717, 1.165) is 24.6 Å². The first-order valence-electron chi connectivity index (χ1n) is 5.82. The average molecular weight is 287 g/mol. The molecule has 1 aliphatic rings. The zero-order valence-corrected chi connectivity index (χ0v) is 10.8. The normalized spacial score (nSPS) is 18.6. The smallest absolute Gasteiger partial charge is 0.272 e. The number of nitro groups is 1. The summed E-state index contributed by atoms with van der Waals surface area (Å²) in [6, 6.07) is 3.05. The number of carbonyl (C=O) groups excluding carboxylic acids is 1. The Bertz CT molecular complexity index is 524. The van der Waals surface area contributed by atoms with Crippen molar-refractivity contribution in [2.75, 3.05) is 19.0 Å². The molecule has 1 amide bonds. The molecule has 1 saturated heterocycles. The van der Waals surface area contributed by atoms with Crippen LogP contribution in [0.4, 0.5) is 10.1 Å². The first-order valence-corrected chi connectivity index (χ1v) is 6.35. The van der Waals surface area contributed by atoms with Crippen molar-refractivity contribution in [3.05, 3.63) is 39.7 Å². The van der Waals surface area contributed by atoms with Crippen molar-refractivity contribution in [1.29, 1.82) is 0 Å². The molecule has 1 aliphatic heterocycles. The van der Waals surface area contributed by atoms with Gasteiger partial charge in [-0.3, -0.25) is 14.9 Å². The van der Waals surface area contributed by atoms with Gasteiger partial charge in [0.25, 0.3) is 11.6 Å². The van der Waals surface area contributed by atoms with E-state index in [1.165, 1.54) is 4.90 Å². The lowest BCUT2D eigenvalue weighted by molar-refractivity contribution is -0.385. The third-order valence-corrected chi connectivity index (χ3v) is 3.62. The molecule has 1 fully saturated rings. The quantitative estimate of drug-likeness (QED) is 0.487. The molecule has 102 valence electrons. The molecule has 0 bridgehead atoms. The number of amides is 1. The highest BCUT2D eigenvalue weighted by atomic mass is 35.5. The van der Waals surface area contributed by atoms with Gasteiger partial charge in [0.15, 0.2) is 0 Å². The molecule has 0 spiro atoms. The van der Waals surface area contributed by atoms with Crippen LogP contribution in [0.2, 0.25) is 0 Å². The summed E-state index contributed by atoms with van der Waals surface area (Å²) in [6.07, 6.45) is 0.795. The zero-order chi connectivity index (χ0) is 14.0. The van der Waals surface area contributed by atoms with Crippen molar-refractivity contribution in [3.63, 3.8) is 0 Å². The number of alkyl halides is 1. The summed E-state index contributed by atoms with van der Waals surface area (Å²) in [5.41, 5.74) is -0.505. The molecule has 1 aromatic rings. The monoisotopic (exact) mass is 286 g/mol. The Hall–Kier alpha value is -1.69. The number of likely N-dealkylation sites (tertiary alicyclic amines) is 1. The summed E-state index contributed by atoms with van der Waals surface area (Å²) < 4.78 is 13.7. The second kappa shape index (κ2) is 5.52. The summed E-state index contributed by atoms with van der Waals surface area (Å²) in [5, 5.41) is 10.5. The minimum atomic E-state index is -0.867. The number of nitro benzene ring substituents is 1. The number of non-ortho nitro benzene ring substituents is 1. The van der Waals surface area contributed by atoms with Crippen molar-refractivity contribution in [2.24, 2.45) is 5.92 Å². The van der Waals surface area contributed by atoms with E-state index in [1.54, 1.807) is 0 Å². The van der Waals surface area contributed by atoms with Crippen LogP contribution in [-0.2, 0) is 0 Å². The van der Waals surface area contributed by atoms with Crippen molar-refractivity contribution in [2.45, 2.75) is 6.42 Å². The molecule has 1 atom stereocenters. The van der Waals surface area contributed by atoms with Gasteiger partial charge in [0.1, 0.15) is 5.82 Å². The molecule has 7 heteroatoms. The minimum Gasteiger partial charge on any atom is -0.338 e. The van der Waals surface area contributed by atoms with Gasteiger partial charge >= 0.3 is 0 Å². The van der Waals surface area contributed by atoms with Gasteiger partial charge in [0, 0.05) is 25.0 Å². The third-order valence-electron chi connectivity index (χ3n) is 3.19. The summed E-state index contributed by atoms with van der Waals surface area (Å²) in [4.78, 5) is 23.4. The molecule has 5 nitrogen and oxygen atoms in total. The molecule has 1 heterocycles. The first-order chi connectivity index (χ1) is 9.02. The minimum absolute atomic E-state index is 0.138. The van der Waals surface area contributed by atoms with Crippen molar-refractivity contribution in [3.8, 4) is 0 Å². The van der Waals surface area contributed by atoms with Crippen LogP contribution in [0.1, 0.15) is 16.8 Å². The summed E-state index contributed by atoms with van der Waals surface area (Å²) in [6.45, 7) is 1.03. The fraction of sp³-hybridized carbons (Fsp3) is 0.417. The van der Waals surface area contributed by atoms with Crippen LogP contribution in [0.25, 0.3) is 0 Å². The van der Waals surface area contributed by atoms with E-state index in [9.17, 15) is 19.3 Å². The molecule has 0 aromatic heterocycles. The summed E-state index contributed by atoms with van der Waals surface area (Å²) >= 11 is 5.72. The van der Waals surface area contributed by atoms with E-state index >= 15 is 0 Å². The number of nitrogens with zero attached hydrogens (tertiary/aromatic N) is 2. The summed E-state index contributed by atoms with van der Waals surface area (Å²) in [5.74, 6) is -0.618. The van der Waals surface area contributed by atoms with Crippen LogP contribution >= 0.6 is 11.6 Å². The SMILES string of the molecule is O=C(c1ccc([N+](=O)[O-])cc1F)N1CCC(CCl)C1.